The average molecular weight is 397 g/mol. The molecule has 2 aliphatic rings. The van der Waals surface area contributed by atoms with Gasteiger partial charge in [-0.05, 0) is 78.1 Å². The van der Waals surface area contributed by atoms with Gasteiger partial charge in [-0.1, -0.05) is 34.6 Å². The van der Waals surface area contributed by atoms with Gasteiger partial charge in [0.25, 0.3) is 0 Å². The van der Waals surface area contributed by atoms with Gasteiger partial charge < -0.3 is 9.47 Å². The number of esters is 2. The van der Waals surface area contributed by atoms with E-state index < -0.39 is 0 Å². The Balaban J connectivity index is 0.000000336. The molecule has 0 amide bonds. The summed E-state index contributed by atoms with van der Waals surface area (Å²) >= 11 is 0. The Morgan fingerprint density at radius 3 is 1.79 bits per heavy atom. The van der Waals surface area contributed by atoms with Gasteiger partial charge in [0.1, 0.15) is 6.10 Å². The van der Waals surface area contributed by atoms with E-state index in [9.17, 15) is 9.59 Å². The molecule has 0 spiro atoms. The van der Waals surface area contributed by atoms with E-state index >= 15 is 0 Å². The van der Waals surface area contributed by atoms with Crippen LogP contribution >= 0.6 is 0 Å². The third-order valence-electron chi connectivity index (χ3n) is 8.11. The van der Waals surface area contributed by atoms with E-state index in [1.165, 1.54) is 12.8 Å². The molecular weight excluding hydrogens is 352 g/mol. The Hall–Kier alpha value is -1.06. The largest absolute Gasteiger partial charge is 0.466 e. The molecule has 0 aromatic carbocycles. The van der Waals surface area contributed by atoms with Crippen LogP contribution in [0.3, 0.4) is 0 Å². The van der Waals surface area contributed by atoms with Crippen LogP contribution in [-0.2, 0) is 19.1 Å². The Bertz CT molecular complexity index is 561. The van der Waals surface area contributed by atoms with Crippen LogP contribution in [-0.4, -0.2) is 24.6 Å². The van der Waals surface area contributed by atoms with Crippen molar-refractivity contribution in [1.82, 2.24) is 0 Å². The quantitative estimate of drug-likeness (QED) is 0.504. The van der Waals surface area contributed by atoms with Crippen molar-refractivity contribution in [2.75, 3.05) is 6.61 Å². The van der Waals surface area contributed by atoms with E-state index in [2.05, 4.69) is 20.8 Å². The van der Waals surface area contributed by atoms with Gasteiger partial charge in [0.05, 0.1) is 17.4 Å². The van der Waals surface area contributed by atoms with Gasteiger partial charge in [0, 0.05) is 5.41 Å². The normalized spacial score (nSPS) is 28.4. The van der Waals surface area contributed by atoms with Crippen LogP contribution in [0.15, 0.2) is 0 Å². The van der Waals surface area contributed by atoms with E-state index in [0.29, 0.717) is 12.0 Å². The number of carbonyl (C=O) groups excluding carboxylic acids is 2. The lowest BCUT2D eigenvalue weighted by atomic mass is 9.70. The highest BCUT2D eigenvalue weighted by Crippen LogP contribution is 2.66. The zero-order valence-electron chi connectivity index (χ0n) is 20.0. The highest BCUT2D eigenvalue weighted by atomic mass is 16.5. The van der Waals surface area contributed by atoms with Crippen molar-refractivity contribution in [2.45, 2.75) is 107 Å². The van der Waals surface area contributed by atoms with Crippen molar-refractivity contribution in [3.8, 4) is 0 Å². The van der Waals surface area contributed by atoms with Crippen molar-refractivity contribution in [3.05, 3.63) is 0 Å². The van der Waals surface area contributed by atoms with Gasteiger partial charge in [-0.2, -0.15) is 0 Å². The monoisotopic (exact) mass is 396 g/mol. The SMILES string of the molecule is CCC(C)(C)C(=O)OC1CC2CCC1(C)C2(C)C.CCOC(=O)C(C)(C)CC. The molecule has 2 bridgehead atoms. The van der Waals surface area contributed by atoms with E-state index in [0.717, 1.165) is 25.2 Å². The van der Waals surface area contributed by atoms with Crippen LogP contribution in [0, 0.1) is 27.6 Å². The molecule has 3 unspecified atom stereocenters. The lowest BCUT2D eigenvalue weighted by Crippen LogP contribution is -2.40. The van der Waals surface area contributed by atoms with Crippen molar-refractivity contribution in [3.63, 3.8) is 0 Å². The molecule has 3 atom stereocenters. The molecule has 0 aromatic rings. The Kier molecular flexibility index (Phi) is 7.81. The minimum Gasteiger partial charge on any atom is -0.466 e. The summed E-state index contributed by atoms with van der Waals surface area (Å²) in [6.07, 6.45) is 5.36. The minimum atomic E-state index is -0.345. The average Bonchev–Trinajstić information content (AvgIpc) is 2.95. The van der Waals surface area contributed by atoms with Crippen LogP contribution < -0.4 is 0 Å². The van der Waals surface area contributed by atoms with Crippen LogP contribution in [0.4, 0.5) is 0 Å². The fourth-order valence-electron chi connectivity index (χ4n) is 4.21. The maximum Gasteiger partial charge on any atom is 0.311 e. The molecule has 2 saturated carbocycles. The van der Waals surface area contributed by atoms with Crippen LogP contribution in [0.1, 0.15) is 101 Å². The fourth-order valence-corrected chi connectivity index (χ4v) is 4.21. The second-order valence-electron chi connectivity index (χ2n) is 10.7. The first-order valence-corrected chi connectivity index (χ1v) is 11.1. The fraction of sp³-hybridized carbons (Fsp3) is 0.917. The summed E-state index contributed by atoms with van der Waals surface area (Å²) < 4.78 is 10.8. The zero-order valence-corrected chi connectivity index (χ0v) is 20.0. The summed E-state index contributed by atoms with van der Waals surface area (Å²) in [5.41, 5.74) is -0.163. The van der Waals surface area contributed by atoms with Gasteiger partial charge in [-0.25, -0.2) is 0 Å². The highest BCUT2D eigenvalue weighted by molar-refractivity contribution is 5.76. The first-order chi connectivity index (χ1) is 12.7. The maximum atomic E-state index is 12.3. The third kappa shape index (κ3) is 4.74. The second-order valence-corrected chi connectivity index (χ2v) is 10.7. The first kappa shape index (κ1) is 25.0. The predicted octanol–water partition coefficient (Wildman–Crippen LogP) is 6.17. The Morgan fingerprint density at radius 2 is 1.43 bits per heavy atom. The smallest absolute Gasteiger partial charge is 0.311 e. The topological polar surface area (TPSA) is 52.6 Å². The van der Waals surface area contributed by atoms with Crippen molar-refractivity contribution in [2.24, 2.45) is 27.6 Å². The van der Waals surface area contributed by atoms with E-state index in [-0.39, 0.29) is 34.3 Å². The molecule has 4 nitrogen and oxygen atoms in total. The summed E-state index contributed by atoms with van der Waals surface area (Å²) in [6, 6.07) is 0. The molecular formula is C24H44O4. The number of rotatable bonds is 6. The number of carbonyl (C=O) groups is 2. The standard InChI is InChI=1S/C16H28O2.C8H16O2/c1-7-14(2,3)13(17)18-12-10-11-8-9-16(12,6)15(11,4)5;1-5-8(3,4)7(9)10-6-2/h11-12H,7-10H2,1-6H3;5-6H2,1-4H3. The highest BCUT2D eigenvalue weighted by Gasteiger charge is 2.63. The lowest BCUT2D eigenvalue weighted by Gasteiger charge is -2.39. The lowest BCUT2D eigenvalue weighted by molar-refractivity contribution is -0.167. The Labute approximate surface area is 173 Å². The van der Waals surface area contributed by atoms with Crippen molar-refractivity contribution in [1.29, 1.82) is 0 Å². The van der Waals surface area contributed by atoms with Gasteiger partial charge in [-0.3, -0.25) is 9.59 Å². The number of hydrogen-bond acceptors (Lipinski definition) is 4. The van der Waals surface area contributed by atoms with E-state index in [1.54, 1.807) is 0 Å². The van der Waals surface area contributed by atoms with Gasteiger partial charge in [0.15, 0.2) is 0 Å². The molecule has 0 heterocycles. The van der Waals surface area contributed by atoms with Crippen LogP contribution in [0.5, 0.6) is 0 Å². The number of ether oxygens (including phenoxy) is 2. The number of hydrogen-bond donors (Lipinski definition) is 0. The molecule has 164 valence electrons. The molecule has 0 radical (unpaired) electrons. The molecule has 0 saturated heterocycles. The first-order valence-electron chi connectivity index (χ1n) is 11.1. The predicted molar refractivity (Wildman–Crippen MR) is 114 cm³/mol. The van der Waals surface area contributed by atoms with E-state index in [4.69, 9.17) is 9.47 Å². The van der Waals surface area contributed by atoms with Gasteiger partial charge in [-0.15, -0.1) is 0 Å². The number of fused-ring (bicyclic) bond motifs is 2. The molecule has 0 aliphatic heterocycles. The molecule has 2 aliphatic carbocycles. The summed E-state index contributed by atoms with van der Waals surface area (Å²) in [5, 5.41) is 0. The van der Waals surface area contributed by atoms with Gasteiger partial charge >= 0.3 is 11.9 Å². The summed E-state index contributed by atoms with van der Waals surface area (Å²) in [4.78, 5) is 23.3. The van der Waals surface area contributed by atoms with Crippen LogP contribution in [0.2, 0.25) is 0 Å². The molecule has 2 rings (SSSR count). The Morgan fingerprint density at radius 1 is 0.929 bits per heavy atom. The van der Waals surface area contributed by atoms with Crippen LogP contribution in [0.25, 0.3) is 0 Å². The van der Waals surface area contributed by atoms with Crippen molar-refractivity contribution < 1.29 is 19.1 Å². The maximum absolute atomic E-state index is 12.3. The summed E-state index contributed by atoms with van der Waals surface area (Å²) in [5.74, 6) is 0.613. The summed E-state index contributed by atoms with van der Waals surface area (Å²) in [7, 11) is 0. The van der Waals surface area contributed by atoms with Gasteiger partial charge in [0.2, 0.25) is 0 Å². The zero-order chi connectivity index (χ0) is 22.0. The summed E-state index contributed by atoms with van der Waals surface area (Å²) in [6.45, 7) is 21.1. The molecule has 0 N–H and O–H groups in total. The minimum absolute atomic E-state index is 0.0143. The van der Waals surface area contributed by atoms with E-state index in [1.807, 2.05) is 48.5 Å². The molecule has 0 aromatic heterocycles. The second kappa shape index (κ2) is 8.75. The molecule has 2 fully saturated rings. The third-order valence-corrected chi connectivity index (χ3v) is 8.11. The van der Waals surface area contributed by atoms with Crippen molar-refractivity contribution >= 4 is 11.9 Å². The molecule has 28 heavy (non-hydrogen) atoms. The molecule has 4 heteroatoms.